The van der Waals surface area contributed by atoms with Crippen LogP contribution in [0.1, 0.15) is 18.9 Å². The van der Waals surface area contributed by atoms with Gasteiger partial charge < -0.3 is 10.1 Å². The molecule has 0 spiro atoms. The Labute approximate surface area is 185 Å². The van der Waals surface area contributed by atoms with Gasteiger partial charge in [0.2, 0.25) is 0 Å². The maximum Gasteiger partial charge on any atom is 0.261 e. The zero-order chi connectivity index (χ0) is 20.6. The van der Waals surface area contributed by atoms with Gasteiger partial charge in [0.15, 0.2) is 6.10 Å². The third-order valence-corrected chi connectivity index (χ3v) is 6.23. The Morgan fingerprint density at radius 1 is 1.03 bits per heavy atom. The van der Waals surface area contributed by atoms with Crippen molar-refractivity contribution in [2.75, 3.05) is 12.3 Å². The molecule has 3 aromatic carbocycles. The standard InChI is InChI=1S/C23H23Cl2NO2S/c1-2-21(28-22-12-5-8-16-7-3-4-9-17(16)22)23(27)26-13-14-29-15-18-19(24)10-6-11-20(18)25/h3-12,21H,2,13-15H2,1H3,(H,26,27)/t21-/m0/s1. The summed E-state index contributed by atoms with van der Waals surface area (Å²) in [6, 6.07) is 19.4. The molecule has 1 atom stereocenters. The number of carbonyl (C=O) groups excluding carboxylic acids is 1. The first-order chi connectivity index (χ1) is 14.1. The molecule has 29 heavy (non-hydrogen) atoms. The third kappa shape index (κ3) is 5.81. The molecule has 3 aromatic rings. The number of hydrogen-bond donors (Lipinski definition) is 1. The zero-order valence-electron chi connectivity index (χ0n) is 16.2. The van der Waals surface area contributed by atoms with E-state index in [1.54, 1.807) is 11.8 Å². The second-order valence-electron chi connectivity index (χ2n) is 6.54. The predicted molar refractivity (Wildman–Crippen MR) is 124 cm³/mol. The van der Waals surface area contributed by atoms with E-state index in [4.69, 9.17) is 27.9 Å². The van der Waals surface area contributed by atoms with Crippen molar-refractivity contribution in [1.29, 1.82) is 0 Å². The van der Waals surface area contributed by atoms with Gasteiger partial charge >= 0.3 is 0 Å². The normalized spacial score (nSPS) is 12.0. The van der Waals surface area contributed by atoms with Gasteiger partial charge in [0.25, 0.3) is 5.91 Å². The van der Waals surface area contributed by atoms with Crippen molar-refractivity contribution in [3.05, 3.63) is 76.3 Å². The highest BCUT2D eigenvalue weighted by Gasteiger charge is 2.18. The summed E-state index contributed by atoms with van der Waals surface area (Å²) in [5, 5.41) is 6.41. The van der Waals surface area contributed by atoms with Gasteiger partial charge in [-0.05, 0) is 35.6 Å². The maximum absolute atomic E-state index is 12.6. The second kappa shape index (κ2) is 10.8. The molecule has 0 heterocycles. The SMILES string of the molecule is CC[C@H](Oc1cccc2ccccc12)C(=O)NCCSCc1c(Cl)cccc1Cl. The van der Waals surface area contributed by atoms with Crippen LogP contribution in [0.25, 0.3) is 10.8 Å². The molecular weight excluding hydrogens is 425 g/mol. The minimum atomic E-state index is -0.524. The van der Waals surface area contributed by atoms with Crippen molar-refractivity contribution in [2.45, 2.75) is 25.2 Å². The van der Waals surface area contributed by atoms with Gasteiger partial charge in [-0.25, -0.2) is 0 Å². The van der Waals surface area contributed by atoms with Crippen LogP contribution in [-0.4, -0.2) is 24.3 Å². The summed E-state index contributed by atoms with van der Waals surface area (Å²) < 4.78 is 6.04. The molecule has 0 unspecified atom stereocenters. The summed E-state index contributed by atoms with van der Waals surface area (Å²) in [4.78, 5) is 12.6. The fourth-order valence-corrected chi connectivity index (χ4v) is 4.57. The van der Waals surface area contributed by atoms with Gasteiger partial charge in [0.05, 0.1) is 0 Å². The summed E-state index contributed by atoms with van der Waals surface area (Å²) >= 11 is 14.1. The fraction of sp³-hybridized carbons (Fsp3) is 0.261. The summed E-state index contributed by atoms with van der Waals surface area (Å²) in [5.74, 6) is 2.10. The minimum absolute atomic E-state index is 0.100. The molecule has 152 valence electrons. The van der Waals surface area contributed by atoms with Crippen LogP contribution in [0.4, 0.5) is 0 Å². The summed E-state index contributed by atoms with van der Waals surface area (Å²) in [6.07, 6.45) is 0.0704. The molecule has 0 fully saturated rings. The number of thioether (sulfide) groups is 1. The largest absolute Gasteiger partial charge is 0.480 e. The average Bonchev–Trinajstić information content (AvgIpc) is 2.73. The van der Waals surface area contributed by atoms with Crippen LogP contribution in [0.15, 0.2) is 60.7 Å². The van der Waals surface area contributed by atoms with Gasteiger partial charge in [-0.2, -0.15) is 11.8 Å². The van der Waals surface area contributed by atoms with Gasteiger partial charge in [-0.15, -0.1) is 0 Å². The smallest absolute Gasteiger partial charge is 0.261 e. The van der Waals surface area contributed by atoms with Crippen LogP contribution in [0.3, 0.4) is 0 Å². The van der Waals surface area contributed by atoms with E-state index in [2.05, 4.69) is 5.32 Å². The lowest BCUT2D eigenvalue weighted by atomic mass is 10.1. The van der Waals surface area contributed by atoms with Crippen LogP contribution < -0.4 is 10.1 Å². The highest BCUT2D eigenvalue weighted by Crippen LogP contribution is 2.28. The van der Waals surface area contributed by atoms with E-state index in [-0.39, 0.29) is 5.91 Å². The molecule has 3 rings (SSSR count). The van der Waals surface area contributed by atoms with Gasteiger partial charge in [-0.1, -0.05) is 72.6 Å². The molecule has 0 aromatic heterocycles. The highest BCUT2D eigenvalue weighted by atomic mass is 35.5. The Hall–Kier alpha value is -1.88. The Balaban J connectivity index is 1.50. The average molecular weight is 448 g/mol. The highest BCUT2D eigenvalue weighted by molar-refractivity contribution is 7.98. The molecule has 0 radical (unpaired) electrons. The third-order valence-electron chi connectivity index (χ3n) is 4.54. The number of rotatable bonds is 9. The van der Waals surface area contributed by atoms with Crippen LogP contribution >= 0.6 is 35.0 Å². The van der Waals surface area contributed by atoms with Gasteiger partial charge in [0.1, 0.15) is 5.75 Å². The summed E-state index contributed by atoms with van der Waals surface area (Å²) in [5.41, 5.74) is 0.929. The van der Waals surface area contributed by atoms with E-state index < -0.39 is 6.10 Å². The first-order valence-corrected chi connectivity index (χ1v) is 11.4. The first kappa shape index (κ1) is 21.8. The number of hydrogen-bond acceptors (Lipinski definition) is 3. The van der Waals surface area contributed by atoms with E-state index in [1.807, 2.05) is 67.6 Å². The zero-order valence-corrected chi connectivity index (χ0v) is 18.5. The maximum atomic E-state index is 12.6. The molecule has 0 aliphatic heterocycles. The van der Waals surface area contributed by atoms with E-state index in [0.29, 0.717) is 28.8 Å². The molecule has 0 bridgehead atoms. The lowest BCUT2D eigenvalue weighted by molar-refractivity contribution is -0.127. The minimum Gasteiger partial charge on any atom is -0.480 e. The Morgan fingerprint density at radius 3 is 2.48 bits per heavy atom. The van der Waals surface area contributed by atoms with E-state index in [1.165, 1.54) is 0 Å². The van der Waals surface area contributed by atoms with E-state index >= 15 is 0 Å². The van der Waals surface area contributed by atoms with Gasteiger partial charge in [-0.3, -0.25) is 4.79 Å². The molecule has 0 saturated carbocycles. The number of amides is 1. The Bertz CT molecular complexity index is 955. The van der Waals surface area contributed by atoms with Gasteiger partial charge in [0, 0.05) is 33.5 Å². The molecule has 6 heteroatoms. The van der Waals surface area contributed by atoms with Crippen molar-refractivity contribution >= 4 is 51.6 Å². The topological polar surface area (TPSA) is 38.3 Å². The molecule has 0 saturated heterocycles. The molecule has 0 aliphatic carbocycles. The quantitative estimate of drug-likeness (QED) is 0.388. The van der Waals surface area contributed by atoms with Crippen molar-refractivity contribution < 1.29 is 9.53 Å². The van der Waals surface area contributed by atoms with Crippen LogP contribution in [0.5, 0.6) is 5.75 Å². The predicted octanol–water partition coefficient (Wildman–Crippen LogP) is 6.35. The molecular formula is C23H23Cl2NO2S. The number of ether oxygens (including phenoxy) is 1. The number of carbonyl (C=O) groups is 1. The molecule has 0 aliphatic rings. The van der Waals surface area contributed by atoms with E-state index in [9.17, 15) is 4.79 Å². The molecule has 1 N–H and O–H groups in total. The van der Waals surface area contributed by atoms with Crippen molar-refractivity contribution in [3.63, 3.8) is 0 Å². The number of nitrogens with one attached hydrogen (secondary N) is 1. The number of halogens is 2. The van der Waals surface area contributed by atoms with Crippen LogP contribution in [0, 0.1) is 0 Å². The molecule has 1 amide bonds. The Morgan fingerprint density at radius 2 is 1.72 bits per heavy atom. The lowest BCUT2D eigenvalue weighted by Crippen LogP contribution is -2.39. The summed E-state index contributed by atoms with van der Waals surface area (Å²) in [6.45, 7) is 2.50. The summed E-state index contributed by atoms with van der Waals surface area (Å²) in [7, 11) is 0. The monoisotopic (exact) mass is 447 g/mol. The second-order valence-corrected chi connectivity index (χ2v) is 8.46. The Kier molecular flexibility index (Phi) is 8.10. The van der Waals surface area contributed by atoms with E-state index in [0.717, 1.165) is 27.8 Å². The molecule has 3 nitrogen and oxygen atoms in total. The first-order valence-electron chi connectivity index (χ1n) is 9.53. The van der Waals surface area contributed by atoms with Crippen molar-refractivity contribution in [3.8, 4) is 5.75 Å². The van der Waals surface area contributed by atoms with Crippen LogP contribution in [-0.2, 0) is 10.5 Å². The number of benzene rings is 3. The lowest BCUT2D eigenvalue weighted by Gasteiger charge is -2.18. The van der Waals surface area contributed by atoms with Crippen molar-refractivity contribution in [1.82, 2.24) is 5.32 Å². The van der Waals surface area contributed by atoms with Crippen molar-refractivity contribution in [2.24, 2.45) is 0 Å². The number of fused-ring (bicyclic) bond motifs is 1. The fourth-order valence-electron chi connectivity index (χ4n) is 2.98. The van der Waals surface area contributed by atoms with Crippen LogP contribution in [0.2, 0.25) is 10.0 Å².